The topological polar surface area (TPSA) is 64.4 Å². The molecule has 0 atom stereocenters. The third-order valence-corrected chi connectivity index (χ3v) is 5.36. The maximum absolute atomic E-state index is 12.4. The lowest BCUT2D eigenvalue weighted by Gasteiger charge is -2.13. The Kier molecular flexibility index (Phi) is 6.88. The normalized spacial score (nSPS) is 10.7. The molecule has 3 rings (SSSR count). The van der Waals surface area contributed by atoms with Gasteiger partial charge >= 0.3 is 0 Å². The van der Waals surface area contributed by atoms with Crippen molar-refractivity contribution in [2.75, 3.05) is 11.1 Å². The van der Waals surface area contributed by atoms with Gasteiger partial charge < -0.3 is 14.6 Å². The summed E-state index contributed by atoms with van der Waals surface area (Å²) in [5, 5.41) is 7.90. The number of nitrogens with one attached hydrogen (secondary N) is 1. The highest BCUT2D eigenvalue weighted by atomic mass is 35.5. The van der Waals surface area contributed by atoms with Crippen LogP contribution in [0.2, 0.25) is 10.0 Å². The fourth-order valence-electron chi connectivity index (χ4n) is 2.46. The number of carbonyl (C=O) groups excluding carboxylic acids is 1. The molecule has 1 aromatic heterocycles. The Morgan fingerprint density at radius 1 is 1.14 bits per heavy atom. The fourth-order valence-corrected chi connectivity index (χ4v) is 3.73. The highest BCUT2D eigenvalue weighted by molar-refractivity contribution is 7.99. The summed E-state index contributed by atoms with van der Waals surface area (Å²) in [5.41, 5.74) is 2.37. The molecule has 0 aliphatic rings. The van der Waals surface area contributed by atoms with Gasteiger partial charge in [-0.05, 0) is 56.3 Å². The van der Waals surface area contributed by atoms with E-state index in [2.05, 4.69) is 10.5 Å². The van der Waals surface area contributed by atoms with Crippen LogP contribution < -0.4 is 10.1 Å². The van der Waals surface area contributed by atoms with Gasteiger partial charge in [0.05, 0.1) is 17.1 Å². The zero-order valence-corrected chi connectivity index (χ0v) is 17.6. The maximum atomic E-state index is 12.4. The highest BCUT2D eigenvalue weighted by Gasteiger charge is 2.13. The minimum absolute atomic E-state index is 0.153. The van der Waals surface area contributed by atoms with Gasteiger partial charge in [0.15, 0.2) is 5.75 Å². The summed E-state index contributed by atoms with van der Waals surface area (Å²) >= 11 is 13.5. The van der Waals surface area contributed by atoms with Crippen molar-refractivity contribution in [3.05, 3.63) is 69.5 Å². The maximum Gasteiger partial charge on any atom is 0.234 e. The number of hydrogen-bond donors (Lipinski definition) is 1. The first kappa shape index (κ1) is 20.6. The average Bonchev–Trinajstić information content (AvgIpc) is 2.97. The van der Waals surface area contributed by atoms with Crippen molar-refractivity contribution >= 4 is 46.6 Å². The van der Waals surface area contributed by atoms with E-state index in [1.165, 1.54) is 11.8 Å². The van der Waals surface area contributed by atoms with Crippen LogP contribution in [0.15, 0.2) is 47.0 Å². The molecular formula is C20H18Cl2N2O3S. The Balaban J connectivity index is 1.63. The van der Waals surface area contributed by atoms with Gasteiger partial charge in [0.1, 0.15) is 11.5 Å². The SMILES string of the molecule is Cc1noc(C)c1CSCC(=O)Nc1cc(Cl)ccc1Oc1ccc(Cl)cc1. The number of rotatable bonds is 7. The number of aryl methyl sites for hydroxylation is 2. The molecule has 0 radical (unpaired) electrons. The predicted octanol–water partition coefficient (Wildman–Crippen LogP) is 6.26. The smallest absolute Gasteiger partial charge is 0.234 e. The van der Waals surface area contributed by atoms with E-state index < -0.39 is 0 Å². The summed E-state index contributed by atoms with van der Waals surface area (Å²) in [7, 11) is 0. The number of hydrogen-bond acceptors (Lipinski definition) is 5. The van der Waals surface area contributed by atoms with Crippen molar-refractivity contribution in [1.82, 2.24) is 5.16 Å². The summed E-state index contributed by atoms with van der Waals surface area (Å²) < 4.78 is 11.0. The third kappa shape index (κ3) is 5.44. The fraction of sp³-hybridized carbons (Fsp3) is 0.200. The summed E-state index contributed by atoms with van der Waals surface area (Å²) in [6, 6.07) is 12.0. The third-order valence-electron chi connectivity index (χ3n) is 3.92. The number of benzene rings is 2. The van der Waals surface area contributed by atoms with E-state index >= 15 is 0 Å². The Labute approximate surface area is 177 Å². The van der Waals surface area contributed by atoms with E-state index in [1.807, 2.05) is 13.8 Å². The van der Waals surface area contributed by atoms with Crippen LogP contribution in [0.3, 0.4) is 0 Å². The molecule has 2 aromatic carbocycles. The lowest BCUT2D eigenvalue weighted by Crippen LogP contribution is -2.15. The summed E-state index contributed by atoms with van der Waals surface area (Å²) in [6.45, 7) is 3.75. The number of nitrogens with zero attached hydrogens (tertiary/aromatic N) is 1. The van der Waals surface area contributed by atoms with Crippen LogP contribution in [0.4, 0.5) is 5.69 Å². The van der Waals surface area contributed by atoms with Crippen molar-refractivity contribution in [1.29, 1.82) is 0 Å². The molecule has 1 heterocycles. The number of thioether (sulfide) groups is 1. The minimum Gasteiger partial charge on any atom is -0.455 e. The molecule has 0 aliphatic carbocycles. The Bertz CT molecular complexity index is 955. The van der Waals surface area contributed by atoms with Crippen LogP contribution in [-0.4, -0.2) is 16.8 Å². The lowest BCUT2D eigenvalue weighted by molar-refractivity contribution is -0.113. The van der Waals surface area contributed by atoms with Gasteiger partial charge in [0, 0.05) is 21.4 Å². The first-order chi connectivity index (χ1) is 13.4. The molecule has 3 aromatic rings. The molecule has 0 spiro atoms. The van der Waals surface area contributed by atoms with Gasteiger partial charge in [-0.15, -0.1) is 11.8 Å². The quantitative estimate of drug-likeness (QED) is 0.473. The molecule has 28 heavy (non-hydrogen) atoms. The number of amides is 1. The second kappa shape index (κ2) is 9.37. The molecule has 146 valence electrons. The van der Waals surface area contributed by atoms with Crippen molar-refractivity contribution in [3.8, 4) is 11.5 Å². The van der Waals surface area contributed by atoms with E-state index in [-0.39, 0.29) is 11.7 Å². The molecule has 0 bridgehead atoms. The van der Waals surface area contributed by atoms with E-state index in [0.29, 0.717) is 33.0 Å². The number of anilines is 1. The Hall–Kier alpha value is -2.15. The van der Waals surface area contributed by atoms with Gasteiger partial charge in [-0.1, -0.05) is 28.4 Å². The van der Waals surface area contributed by atoms with Crippen LogP contribution in [0.25, 0.3) is 0 Å². The highest BCUT2D eigenvalue weighted by Crippen LogP contribution is 2.32. The van der Waals surface area contributed by atoms with Gasteiger partial charge in [0.25, 0.3) is 0 Å². The zero-order chi connectivity index (χ0) is 20.1. The standard InChI is InChI=1S/C20H18Cl2N2O3S/c1-12-17(13(2)27-24-12)10-28-11-20(25)23-18-9-15(22)5-8-19(18)26-16-6-3-14(21)4-7-16/h3-9H,10-11H2,1-2H3,(H,23,25). The Morgan fingerprint density at radius 2 is 1.86 bits per heavy atom. The zero-order valence-electron chi connectivity index (χ0n) is 15.3. The molecule has 0 fully saturated rings. The van der Waals surface area contributed by atoms with E-state index in [1.54, 1.807) is 42.5 Å². The first-order valence-electron chi connectivity index (χ1n) is 8.44. The average molecular weight is 437 g/mol. The van der Waals surface area contributed by atoms with Crippen molar-refractivity contribution in [2.24, 2.45) is 0 Å². The van der Waals surface area contributed by atoms with Crippen LogP contribution in [0.1, 0.15) is 17.0 Å². The second-order valence-corrected chi connectivity index (χ2v) is 7.90. The first-order valence-corrected chi connectivity index (χ1v) is 10.4. The summed E-state index contributed by atoms with van der Waals surface area (Å²) in [6.07, 6.45) is 0. The molecule has 1 amide bonds. The number of ether oxygens (including phenoxy) is 1. The molecule has 8 heteroatoms. The largest absolute Gasteiger partial charge is 0.455 e. The second-order valence-electron chi connectivity index (χ2n) is 6.04. The lowest BCUT2D eigenvalue weighted by atomic mass is 10.2. The minimum atomic E-state index is -0.153. The molecule has 1 N–H and O–H groups in total. The van der Waals surface area contributed by atoms with Crippen LogP contribution in [-0.2, 0) is 10.5 Å². The molecule has 0 aliphatic heterocycles. The molecule has 0 saturated carbocycles. The molecule has 0 saturated heterocycles. The monoisotopic (exact) mass is 436 g/mol. The van der Waals surface area contributed by atoms with E-state index in [4.69, 9.17) is 32.5 Å². The summed E-state index contributed by atoms with van der Waals surface area (Å²) in [4.78, 5) is 12.4. The Morgan fingerprint density at radius 3 is 2.54 bits per heavy atom. The van der Waals surface area contributed by atoms with Crippen molar-refractivity contribution in [3.63, 3.8) is 0 Å². The molecular weight excluding hydrogens is 419 g/mol. The van der Waals surface area contributed by atoms with Gasteiger partial charge in [-0.2, -0.15) is 0 Å². The molecule has 5 nitrogen and oxygen atoms in total. The van der Waals surface area contributed by atoms with Gasteiger partial charge in [-0.25, -0.2) is 0 Å². The number of aromatic nitrogens is 1. The number of halogens is 2. The van der Waals surface area contributed by atoms with E-state index in [9.17, 15) is 4.79 Å². The molecule has 0 unspecified atom stereocenters. The number of carbonyl (C=O) groups is 1. The van der Waals surface area contributed by atoms with Crippen molar-refractivity contribution in [2.45, 2.75) is 19.6 Å². The van der Waals surface area contributed by atoms with Gasteiger partial charge in [0.2, 0.25) is 5.91 Å². The van der Waals surface area contributed by atoms with Crippen LogP contribution in [0.5, 0.6) is 11.5 Å². The van der Waals surface area contributed by atoms with Crippen LogP contribution in [0, 0.1) is 13.8 Å². The van der Waals surface area contributed by atoms with E-state index in [0.717, 1.165) is 17.0 Å². The summed E-state index contributed by atoms with van der Waals surface area (Å²) in [5.74, 6) is 2.65. The van der Waals surface area contributed by atoms with Crippen molar-refractivity contribution < 1.29 is 14.1 Å². The van der Waals surface area contributed by atoms with Crippen LogP contribution >= 0.6 is 35.0 Å². The predicted molar refractivity (Wildman–Crippen MR) is 114 cm³/mol. The van der Waals surface area contributed by atoms with Gasteiger partial charge in [-0.3, -0.25) is 4.79 Å².